The first-order valence-electron chi connectivity index (χ1n) is 7.60. The van der Waals surface area contributed by atoms with Gasteiger partial charge in [0.25, 0.3) is 0 Å². The molecule has 2 N–H and O–H groups in total. The van der Waals surface area contributed by atoms with Crippen molar-refractivity contribution >= 4 is 0 Å². The van der Waals surface area contributed by atoms with Crippen LogP contribution in [-0.4, -0.2) is 39.7 Å². The molecule has 0 bridgehead atoms. The van der Waals surface area contributed by atoms with Crippen LogP contribution < -0.4 is 0 Å². The molecule has 0 radical (unpaired) electrons. The number of hydrogen-bond donors (Lipinski definition) is 2. The summed E-state index contributed by atoms with van der Waals surface area (Å²) in [5.74, 6) is 0.913. The molecule has 4 heteroatoms. The maximum absolute atomic E-state index is 9.56. The summed E-state index contributed by atoms with van der Waals surface area (Å²) in [5.41, 5.74) is 2.47. The first-order valence-corrected chi connectivity index (χ1v) is 7.60. The molecule has 0 amide bonds. The molecule has 21 heavy (non-hydrogen) atoms. The Labute approximate surface area is 125 Å². The van der Waals surface area contributed by atoms with E-state index in [-0.39, 0.29) is 12.0 Å². The third-order valence-electron chi connectivity index (χ3n) is 4.35. The molecular weight excluding hydrogens is 262 g/mol. The Kier molecular flexibility index (Phi) is 4.08. The van der Waals surface area contributed by atoms with Gasteiger partial charge in [-0.25, -0.2) is 4.98 Å². The highest BCUT2D eigenvalue weighted by Crippen LogP contribution is 2.29. The van der Waals surface area contributed by atoms with Crippen LogP contribution >= 0.6 is 0 Å². The number of rotatable bonds is 4. The van der Waals surface area contributed by atoms with Crippen molar-refractivity contribution in [2.75, 3.05) is 19.7 Å². The average Bonchev–Trinajstić information content (AvgIpc) is 3.02. The highest BCUT2D eigenvalue weighted by Gasteiger charge is 2.30. The molecule has 1 aliphatic rings. The predicted molar refractivity (Wildman–Crippen MR) is 83.7 cm³/mol. The number of aliphatic hydroxyl groups is 1. The zero-order chi connectivity index (χ0) is 14.7. The number of aliphatic hydroxyl groups excluding tert-OH is 1. The summed E-state index contributed by atoms with van der Waals surface area (Å²) in [7, 11) is 0. The summed E-state index contributed by atoms with van der Waals surface area (Å²) in [6, 6.07) is 8.53. The molecule has 3 rings (SSSR count). The first kappa shape index (κ1) is 14.3. The fraction of sp³-hybridized carbons (Fsp3) is 0.471. The standard InChI is InChI=1S/C17H23N3O/c1-17(13-21)6-3-9-20(12-17)11-14-4-2-5-15(10-14)16-18-7-8-19-16/h2,4-5,7-8,10,21H,3,6,9,11-13H2,1H3,(H,18,19). The van der Waals surface area contributed by atoms with Crippen molar-refractivity contribution in [1.82, 2.24) is 14.9 Å². The minimum absolute atomic E-state index is 0.0525. The van der Waals surface area contributed by atoms with Crippen LogP contribution in [0.5, 0.6) is 0 Å². The Morgan fingerprint density at radius 3 is 3.10 bits per heavy atom. The fourth-order valence-electron chi connectivity index (χ4n) is 3.19. The third kappa shape index (κ3) is 3.34. The first-order chi connectivity index (χ1) is 10.2. The summed E-state index contributed by atoms with van der Waals surface area (Å²) in [4.78, 5) is 9.90. The number of likely N-dealkylation sites (tertiary alicyclic amines) is 1. The number of nitrogens with zero attached hydrogens (tertiary/aromatic N) is 2. The molecule has 2 heterocycles. The smallest absolute Gasteiger partial charge is 0.137 e. The van der Waals surface area contributed by atoms with Crippen molar-refractivity contribution < 1.29 is 5.11 Å². The molecule has 1 atom stereocenters. The zero-order valence-electron chi connectivity index (χ0n) is 12.5. The highest BCUT2D eigenvalue weighted by atomic mass is 16.3. The van der Waals surface area contributed by atoms with Gasteiger partial charge in [-0.15, -0.1) is 0 Å². The van der Waals surface area contributed by atoms with E-state index in [9.17, 15) is 5.11 Å². The zero-order valence-corrected chi connectivity index (χ0v) is 12.5. The molecule has 1 aromatic heterocycles. The number of hydrogen-bond acceptors (Lipinski definition) is 3. The topological polar surface area (TPSA) is 52.1 Å². The minimum atomic E-state index is 0.0525. The average molecular weight is 285 g/mol. The Morgan fingerprint density at radius 1 is 1.43 bits per heavy atom. The molecular formula is C17H23N3O. The van der Waals surface area contributed by atoms with Gasteiger partial charge < -0.3 is 10.1 Å². The van der Waals surface area contributed by atoms with E-state index in [0.717, 1.165) is 43.9 Å². The van der Waals surface area contributed by atoms with Crippen molar-refractivity contribution in [1.29, 1.82) is 0 Å². The number of piperidine rings is 1. The number of imidazole rings is 1. The molecule has 0 aliphatic carbocycles. The van der Waals surface area contributed by atoms with Gasteiger partial charge in [0.15, 0.2) is 0 Å². The van der Waals surface area contributed by atoms with Gasteiger partial charge in [-0.1, -0.05) is 25.1 Å². The second-order valence-corrected chi connectivity index (χ2v) is 6.42. The van der Waals surface area contributed by atoms with Crippen LogP contribution in [0.25, 0.3) is 11.4 Å². The number of aromatic nitrogens is 2. The van der Waals surface area contributed by atoms with Gasteiger partial charge in [-0.3, -0.25) is 4.90 Å². The molecule has 1 saturated heterocycles. The van der Waals surface area contributed by atoms with Crippen molar-refractivity contribution in [3.05, 3.63) is 42.2 Å². The Bertz CT molecular complexity index is 581. The number of H-pyrrole nitrogens is 1. The summed E-state index contributed by atoms with van der Waals surface area (Å²) in [5, 5.41) is 9.56. The van der Waals surface area contributed by atoms with Crippen LogP contribution in [-0.2, 0) is 6.54 Å². The summed E-state index contributed by atoms with van der Waals surface area (Å²) >= 11 is 0. The lowest BCUT2D eigenvalue weighted by atomic mass is 9.82. The molecule has 0 saturated carbocycles. The number of aromatic amines is 1. The molecule has 2 aromatic rings. The van der Waals surface area contributed by atoms with Gasteiger partial charge in [-0.2, -0.15) is 0 Å². The SMILES string of the molecule is CC1(CO)CCCN(Cc2cccc(-c3ncc[nH]3)c2)C1. The molecule has 4 nitrogen and oxygen atoms in total. The van der Waals surface area contributed by atoms with Crippen LogP contribution in [0, 0.1) is 5.41 Å². The van der Waals surface area contributed by atoms with Crippen LogP contribution in [0.4, 0.5) is 0 Å². The molecule has 0 spiro atoms. The van der Waals surface area contributed by atoms with E-state index < -0.39 is 0 Å². The van der Waals surface area contributed by atoms with E-state index in [2.05, 4.69) is 46.1 Å². The second-order valence-electron chi connectivity index (χ2n) is 6.42. The monoisotopic (exact) mass is 285 g/mol. The lowest BCUT2D eigenvalue weighted by Crippen LogP contribution is -2.43. The molecule has 1 aliphatic heterocycles. The molecule has 1 aromatic carbocycles. The Hall–Kier alpha value is -1.65. The van der Waals surface area contributed by atoms with Crippen LogP contribution in [0.2, 0.25) is 0 Å². The van der Waals surface area contributed by atoms with Gasteiger partial charge in [0.2, 0.25) is 0 Å². The Morgan fingerprint density at radius 2 is 2.33 bits per heavy atom. The van der Waals surface area contributed by atoms with E-state index in [1.54, 1.807) is 6.20 Å². The molecule has 1 fully saturated rings. The van der Waals surface area contributed by atoms with Crippen molar-refractivity contribution in [3.63, 3.8) is 0 Å². The largest absolute Gasteiger partial charge is 0.396 e. The Balaban J connectivity index is 1.72. The highest BCUT2D eigenvalue weighted by molar-refractivity contribution is 5.55. The van der Waals surface area contributed by atoms with E-state index in [1.807, 2.05) is 6.20 Å². The van der Waals surface area contributed by atoms with Gasteiger partial charge in [0.1, 0.15) is 5.82 Å². The van der Waals surface area contributed by atoms with Gasteiger partial charge in [0, 0.05) is 43.1 Å². The van der Waals surface area contributed by atoms with Crippen LogP contribution in [0.3, 0.4) is 0 Å². The van der Waals surface area contributed by atoms with Crippen LogP contribution in [0.1, 0.15) is 25.3 Å². The fourth-order valence-corrected chi connectivity index (χ4v) is 3.19. The summed E-state index contributed by atoms with van der Waals surface area (Å²) < 4.78 is 0. The molecule has 1 unspecified atom stereocenters. The molecule has 112 valence electrons. The lowest BCUT2D eigenvalue weighted by Gasteiger charge is -2.39. The van der Waals surface area contributed by atoms with E-state index in [0.29, 0.717) is 0 Å². The van der Waals surface area contributed by atoms with Gasteiger partial charge >= 0.3 is 0 Å². The maximum Gasteiger partial charge on any atom is 0.137 e. The van der Waals surface area contributed by atoms with Gasteiger partial charge in [0.05, 0.1) is 0 Å². The van der Waals surface area contributed by atoms with Crippen molar-refractivity contribution in [2.45, 2.75) is 26.3 Å². The van der Waals surface area contributed by atoms with Crippen LogP contribution in [0.15, 0.2) is 36.7 Å². The van der Waals surface area contributed by atoms with Crippen molar-refractivity contribution in [3.8, 4) is 11.4 Å². The quantitative estimate of drug-likeness (QED) is 0.908. The summed E-state index contributed by atoms with van der Waals surface area (Å²) in [6.45, 7) is 5.47. The minimum Gasteiger partial charge on any atom is -0.396 e. The summed E-state index contributed by atoms with van der Waals surface area (Å²) in [6.07, 6.45) is 5.90. The van der Waals surface area contributed by atoms with E-state index in [4.69, 9.17) is 0 Å². The van der Waals surface area contributed by atoms with E-state index >= 15 is 0 Å². The number of nitrogens with one attached hydrogen (secondary N) is 1. The second kappa shape index (κ2) is 6.00. The van der Waals surface area contributed by atoms with Gasteiger partial charge in [-0.05, 0) is 31.0 Å². The van der Waals surface area contributed by atoms with Crippen molar-refractivity contribution in [2.24, 2.45) is 5.41 Å². The third-order valence-corrected chi connectivity index (χ3v) is 4.35. The van der Waals surface area contributed by atoms with E-state index in [1.165, 1.54) is 5.56 Å². The predicted octanol–water partition coefficient (Wildman–Crippen LogP) is 2.67. The maximum atomic E-state index is 9.56. The lowest BCUT2D eigenvalue weighted by molar-refractivity contribution is 0.0429. The number of benzene rings is 1. The normalized spacial score (nSPS) is 23.3.